The van der Waals surface area contributed by atoms with Crippen LogP contribution in [0.3, 0.4) is 0 Å². The van der Waals surface area contributed by atoms with Crippen LogP contribution < -0.4 is 9.64 Å². The van der Waals surface area contributed by atoms with E-state index in [-0.39, 0.29) is 11.7 Å². The van der Waals surface area contributed by atoms with Crippen LogP contribution in [0.1, 0.15) is 6.92 Å². The van der Waals surface area contributed by atoms with E-state index in [2.05, 4.69) is 4.90 Å². The number of anilines is 1. The van der Waals surface area contributed by atoms with Crippen LogP contribution in [0.25, 0.3) is 0 Å². The molecule has 0 saturated carbocycles. The first-order valence-electron chi connectivity index (χ1n) is 8.25. The largest absolute Gasteiger partial charge is 0.478 e. The standard InChI is InChI=1S/C19H20ClFN2O2/c1-14(25-18-8-3-2-7-17(18)21)19(24)23-11-9-22(10-12-23)16-6-4-5-15(20)13-16/h2-8,13-14H,9-12H2,1H3. The first-order chi connectivity index (χ1) is 12.0. The Hall–Kier alpha value is -2.27. The van der Waals surface area contributed by atoms with E-state index in [1.165, 1.54) is 12.1 Å². The Kier molecular flexibility index (Phi) is 5.43. The third-order valence-electron chi connectivity index (χ3n) is 4.25. The molecular weight excluding hydrogens is 343 g/mol. The number of ether oxygens (including phenoxy) is 1. The van der Waals surface area contributed by atoms with E-state index < -0.39 is 11.9 Å². The van der Waals surface area contributed by atoms with Gasteiger partial charge in [-0.3, -0.25) is 4.79 Å². The number of carbonyl (C=O) groups is 1. The molecule has 1 aliphatic heterocycles. The number of carbonyl (C=O) groups excluding carboxylic acids is 1. The van der Waals surface area contributed by atoms with Gasteiger partial charge >= 0.3 is 0 Å². The number of rotatable bonds is 4. The van der Waals surface area contributed by atoms with Gasteiger partial charge in [0.25, 0.3) is 5.91 Å². The van der Waals surface area contributed by atoms with E-state index in [9.17, 15) is 9.18 Å². The Morgan fingerprint density at radius 2 is 1.84 bits per heavy atom. The Morgan fingerprint density at radius 1 is 1.12 bits per heavy atom. The average molecular weight is 363 g/mol. The highest BCUT2D eigenvalue weighted by atomic mass is 35.5. The molecule has 6 heteroatoms. The minimum absolute atomic E-state index is 0.0981. The Labute approximate surface area is 151 Å². The van der Waals surface area contributed by atoms with Gasteiger partial charge in [-0.2, -0.15) is 0 Å². The zero-order valence-electron chi connectivity index (χ0n) is 14.0. The van der Waals surface area contributed by atoms with Crippen molar-refractivity contribution in [2.75, 3.05) is 31.1 Å². The number of para-hydroxylation sites is 1. The highest BCUT2D eigenvalue weighted by molar-refractivity contribution is 6.30. The molecule has 25 heavy (non-hydrogen) atoms. The fraction of sp³-hybridized carbons (Fsp3) is 0.316. The maximum atomic E-state index is 13.7. The van der Waals surface area contributed by atoms with Gasteiger partial charge in [-0.25, -0.2) is 4.39 Å². The summed E-state index contributed by atoms with van der Waals surface area (Å²) < 4.78 is 19.1. The second-order valence-electron chi connectivity index (χ2n) is 5.98. The zero-order chi connectivity index (χ0) is 17.8. The fourth-order valence-electron chi connectivity index (χ4n) is 2.90. The van der Waals surface area contributed by atoms with Crippen LogP contribution in [0.2, 0.25) is 5.02 Å². The first kappa shape index (κ1) is 17.5. The number of amides is 1. The van der Waals surface area contributed by atoms with E-state index in [1.54, 1.807) is 24.0 Å². The second kappa shape index (κ2) is 7.74. The van der Waals surface area contributed by atoms with Gasteiger partial charge in [0.2, 0.25) is 0 Å². The van der Waals surface area contributed by atoms with Gasteiger partial charge in [0, 0.05) is 36.9 Å². The summed E-state index contributed by atoms with van der Waals surface area (Å²) >= 11 is 6.04. The second-order valence-corrected chi connectivity index (χ2v) is 6.42. The van der Waals surface area contributed by atoms with Gasteiger partial charge in [0.05, 0.1) is 0 Å². The Morgan fingerprint density at radius 3 is 2.52 bits per heavy atom. The molecule has 1 amide bonds. The lowest BCUT2D eigenvalue weighted by molar-refractivity contribution is -0.138. The molecule has 3 rings (SSSR count). The minimum Gasteiger partial charge on any atom is -0.478 e. The topological polar surface area (TPSA) is 32.8 Å². The summed E-state index contributed by atoms with van der Waals surface area (Å²) in [4.78, 5) is 16.5. The van der Waals surface area contributed by atoms with E-state index in [0.717, 1.165) is 18.8 Å². The smallest absolute Gasteiger partial charge is 0.263 e. The van der Waals surface area contributed by atoms with Gasteiger partial charge in [0.1, 0.15) is 0 Å². The van der Waals surface area contributed by atoms with Gasteiger partial charge in [-0.05, 0) is 37.3 Å². The summed E-state index contributed by atoms with van der Waals surface area (Å²) in [6.07, 6.45) is -0.727. The number of hydrogen-bond donors (Lipinski definition) is 0. The molecule has 1 fully saturated rings. The molecule has 1 atom stereocenters. The van der Waals surface area contributed by atoms with Gasteiger partial charge < -0.3 is 14.5 Å². The molecule has 1 heterocycles. The summed E-state index contributed by atoms with van der Waals surface area (Å²) in [7, 11) is 0. The van der Waals surface area contributed by atoms with Crippen molar-refractivity contribution in [1.29, 1.82) is 0 Å². The molecule has 2 aromatic carbocycles. The maximum absolute atomic E-state index is 13.7. The van der Waals surface area contributed by atoms with Crippen molar-refractivity contribution in [3.05, 3.63) is 59.4 Å². The number of halogens is 2. The lowest BCUT2D eigenvalue weighted by Crippen LogP contribution is -2.52. The van der Waals surface area contributed by atoms with Crippen LogP contribution in [0.5, 0.6) is 5.75 Å². The molecule has 1 unspecified atom stereocenters. The van der Waals surface area contributed by atoms with E-state index in [0.29, 0.717) is 18.1 Å². The van der Waals surface area contributed by atoms with Crippen molar-refractivity contribution in [2.45, 2.75) is 13.0 Å². The fourth-order valence-corrected chi connectivity index (χ4v) is 3.08. The molecule has 132 valence electrons. The Bertz CT molecular complexity index is 748. The number of nitrogens with zero attached hydrogens (tertiary/aromatic N) is 2. The van der Waals surface area contributed by atoms with Crippen molar-refractivity contribution in [1.82, 2.24) is 4.90 Å². The number of piperazine rings is 1. The first-order valence-corrected chi connectivity index (χ1v) is 8.63. The molecule has 1 saturated heterocycles. The van der Waals surface area contributed by atoms with Crippen LogP contribution in [-0.2, 0) is 4.79 Å². The predicted octanol–water partition coefficient (Wildman–Crippen LogP) is 3.60. The van der Waals surface area contributed by atoms with E-state index >= 15 is 0 Å². The van der Waals surface area contributed by atoms with Crippen LogP contribution in [0, 0.1) is 5.82 Å². The zero-order valence-corrected chi connectivity index (χ0v) is 14.7. The monoisotopic (exact) mass is 362 g/mol. The van der Waals surface area contributed by atoms with E-state index in [1.807, 2.05) is 24.3 Å². The van der Waals surface area contributed by atoms with Crippen molar-refractivity contribution in [3.8, 4) is 5.75 Å². The molecule has 0 N–H and O–H groups in total. The third-order valence-corrected chi connectivity index (χ3v) is 4.49. The third kappa shape index (κ3) is 4.23. The average Bonchev–Trinajstić information content (AvgIpc) is 2.63. The van der Waals surface area contributed by atoms with Crippen molar-refractivity contribution >= 4 is 23.2 Å². The predicted molar refractivity (Wildman–Crippen MR) is 96.7 cm³/mol. The summed E-state index contributed by atoms with van der Waals surface area (Å²) in [6.45, 7) is 4.28. The quantitative estimate of drug-likeness (QED) is 0.833. The lowest BCUT2D eigenvalue weighted by Gasteiger charge is -2.37. The van der Waals surface area contributed by atoms with Crippen LogP contribution in [0.4, 0.5) is 10.1 Å². The highest BCUT2D eigenvalue weighted by Gasteiger charge is 2.26. The molecule has 4 nitrogen and oxygen atoms in total. The van der Waals surface area contributed by atoms with Crippen LogP contribution in [-0.4, -0.2) is 43.1 Å². The molecule has 0 bridgehead atoms. The molecule has 0 radical (unpaired) electrons. The number of benzene rings is 2. The molecule has 0 aromatic heterocycles. The van der Waals surface area contributed by atoms with Crippen molar-refractivity contribution in [2.24, 2.45) is 0 Å². The molecular formula is C19H20ClFN2O2. The summed E-state index contributed by atoms with van der Waals surface area (Å²) in [5.41, 5.74) is 1.05. The van der Waals surface area contributed by atoms with Crippen molar-refractivity contribution in [3.63, 3.8) is 0 Å². The van der Waals surface area contributed by atoms with Gasteiger partial charge in [-0.1, -0.05) is 29.8 Å². The van der Waals surface area contributed by atoms with Gasteiger partial charge in [0.15, 0.2) is 17.7 Å². The normalized spacial score (nSPS) is 15.8. The molecule has 0 aliphatic carbocycles. The SMILES string of the molecule is CC(Oc1ccccc1F)C(=O)N1CCN(c2cccc(Cl)c2)CC1. The minimum atomic E-state index is -0.727. The summed E-state index contributed by atoms with van der Waals surface area (Å²) in [5, 5.41) is 0.697. The van der Waals surface area contributed by atoms with Gasteiger partial charge in [-0.15, -0.1) is 0 Å². The Balaban J connectivity index is 1.57. The van der Waals surface area contributed by atoms with Crippen molar-refractivity contribution < 1.29 is 13.9 Å². The maximum Gasteiger partial charge on any atom is 0.263 e. The van der Waals surface area contributed by atoms with Crippen LogP contribution >= 0.6 is 11.6 Å². The summed E-state index contributed by atoms with van der Waals surface area (Å²) in [6, 6.07) is 13.8. The molecule has 1 aliphatic rings. The summed E-state index contributed by atoms with van der Waals surface area (Å²) in [5.74, 6) is -0.497. The molecule has 0 spiro atoms. The lowest BCUT2D eigenvalue weighted by atomic mass is 10.2. The number of hydrogen-bond acceptors (Lipinski definition) is 3. The molecule has 2 aromatic rings. The van der Waals surface area contributed by atoms with Crippen LogP contribution in [0.15, 0.2) is 48.5 Å². The highest BCUT2D eigenvalue weighted by Crippen LogP contribution is 2.22. The van der Waals surface area contributed by atoms with E-state index in [4.69, 9.17) is 16.3 Å².